The quantitative estimate of drug-likeness (QED) is 0.585. The molecule has 0 amide bonds. The van der Waals surface area contributed by atoms with Gasteiger partial charge in [-0.3, -0.25) is 0 Å². The molecule has 0 aliphatic heterocycles. The average molecular weight is 288 g/mol. The van der Waals surface area contributed by atoms with E-state index < -0.39 is 0 Å². The fraction of sp³-hybridized carbons (Fsp3) is 0.364. The number of benzene rings is 1. The van der Waals surface area contributed by atoms with Crippen LogP contribution in [0.1, 0.15) is 51.0 Å². The van der Waals surface area contributed by atoms with E-state index in [2.05, 4.69) is 62.4 Å². The Hall–Kier alpha value is -1.82. The van der Waals surface area contributed by atoms with E-state index >= 15 is 0 Å². The van der Waals surface area contributed by atoms with Crippen LogP contribution in [0.2, 0.25) is 0 Å². The summed E-state index contributed by atoms with van der Waals surface area (Å²) in [5.74, 6) is 1.20. The molecule has 112 valence electrons. The Bertz CT molecular complexity index is 710. The van der Waals surface area contributed by atoms with Crippen molar-refractivity contribution in [2.24, 2.45) is 5.92 Å². The van der Waals surface area contributed by atoms with Crippen LogP contribution < -0.4 is 0 Å². The first-order valence-electron chi connectivity index (χ1n) is 8.61. The highest BCUT2D eigenvalue weighted by Gasteiger charge is 2.33. The van der Waals surface area contributed by atoms with Crippen molar-refractivity contribution in [2.75, 3.05) is 0 Å². The van der Waals surface area contributed by atoms with Gasteiger partial charge in [0.25, 0.3) is 0 Å². The highest BCUT2D eigenvalue weighted by Crippen LogP contribution is 2.50. The largest absolute Gasteiger partial charge is 0.0830 e. The van der Waals surface area contributed by atoms with Crippen LogP contribution in [-0.4, -0.2) is 0 Å². The van der Waals surface area contributed by atoms with Crippen molar-refractivity contribution in [3.05, 3.63) is 82.0 Å². The standard InChI is InChI=1S/C22H24/c1-15-18-11-6-7-12-19(18)16(2)22-20(15)13-8-14-21(22)17-9-4-3-5-10-17/h3-5,8-10,12-13,18,21H,6-7,11,14H2,1-2H3/t18-,21?/m1/s1. The predicted molar refractivity (Wildman–Crippen MR) is 93.8 cm³/mol. The van der Waals surface area contributed by atoms with E-state index in [1.165, 1.54) is 30.4 Å². The van der Waals surface area contributed by atoms with Crippen molar-refractivity contribution in [1.29, 1.82) is 0 Å². The number of hydrogen-bond acceptors (Lipinski definition) is 0. The van der Waals surface area contributed by atoms with Gasteiger partial charge in [-0.05, 0) is 67.4 Å². The van der Waals surface area contributed by atoms with Gasteiger partial charge in [-0.2, -0.15) is 0 Å². The van der Waals surface area contributed by atoms with Gasteiger partial charge in [0.1, 0.15) is 0 Å². The molecule has 0 fully saturated rings. The number of fused-ring (bicyclic) bond motifs is 2. The molecule has 0 spiro atoms. The Morgan fingerprint density at radius 3 is 2.64 bits per heavy atom. The van der Waals surface area contributed by atoms with Gasteiger partial charge in [0.15, 0.2) is 0 Å². The molecule has 1 aromatic rings. The molecule has 1 aromatic carbocycles. The second kappa shape index (κ2) is 5.43. The molecule has 0 nitrogen and oxygen atoms in total. The zero-order valence-electron chi connectivity index (χ0n) is 13.6. The molecule has 0 saturated carbocycles. The summed E-state index contributed by atoms with van der Waals surface area (Å²) in [7, 11) is 0. The van der Waals surface area contributed by atoms with Gasteiger partial charge in [0, 0.05) is 11.8 Å². The average Bonchev–Trinajstić information content (AvgIpc) is 2.60. The highest BCUT2D eigenvalue weighted by atomic mass is 14.4. The highest BCUT2D eigenvalue weighted by molar-refractivity contribution is 5.62. The van der Waals surface area contributed by atoms with Gasteiger partial charge in [-0.1, -0.05) is 54.1 Å². The molecule has 3 aliphatic carbocycles. The minimum atomic E-state index is 0.528. The van der Waals surface area contributed by atoms with E-state index in [9.17, 15) is 0 Å². The van der Waals surface area contributed by atoms with E-state index in [1.807, 2.05) is 0 Å². The molecule has 0 N–H and O–H groups in total. The molecule has 0 heterocycles. The van der Waals surface area contributed by atoms with Gasteiger partial charge < -0.3 is 0 Å². The van der Waals surface area contributed by atoms with Crippen molar-refractivity contribution < 1.29 is 0 Å². The fourth-order valence-corrected chi connectivity index (χ4v) is 4.60. The van der Waals surface area contributed by atoms with Crippen molar-refractivity contribution in [1.82, 2.24) is 0 Å². The minimum Gasteiger partial charge on any atom is -0.0830 e. The van der Waals surface area contributed by atoms with Gasteiger partial charge >= 0.3 is 0 Å². The van der Waals surface area contributed by atoms with Crippen LogP contribution in [0.4, 0.5) is 0 Å². The molecule has 4 rings (SSSR count). The topological polar surface area (TPSA) is 0 Å². The van der Waals surface area contributed by atoms with Gasteiger partial charge in [0.2, 0.25) is 0 Å². The first-order chi connectivity index (χ1) is 10.8. The summed E-state index contributed by atoms with van der Waals surface area (Å²) in [6, 6.07) is 11.0. The molecule has 1 unspecified atom stereocenters. The number of rotatable bonds is 1. The predicted octanol–water partition coefficient (Wildman–Crippen LogP) is 6.10. The van der Waals surface area contributed by atoms with E-state index in [0.717, 1.165) is 6.42 Å². The van der Waals surface area contributed by atoms with E-state index in [4.69, 9.17) is 0 Å². The van der Waals surface area contributed by atoms with Gasteiger partial charge in [-0.25, -0.2) is 0 Å². The molecular weight excluding hydrogens is 264 g/mol. The molecule has 0 bridgehead atoms. The van der Waals surface area contributed by atoms with Crippen LogP contribution in [-0.2, 0) is 0 Å². The molecule has 0 saturated heterocycles. The maximum atomic E-state index is 2.51. The van der Waals surface area contributed by atoms with Crippen molar-refractivity contribution >= 4 is 0 Å². The minimum absolute atomic E-state index is 0.528. The summed E-state index contributed by atoms with van der Waals surface area (Å²) in [6.45, 7) is 4.73. The third-order valence-electron chi connectivity index (χ3n) is 5.72. The lowest BCUT2D eigenvalue weighted by Crippen LogP contribution is -2.22. The Morgan fingerprint density at radius 1 is 1.00 bits per heavy atom. The Balaban J connectivity index is 1.90. The SMILES string of the molecule is CC1=C2C(=C(C)[C@H]3CCCC=C13)C=CCC2c1ccccc1. The van der Waals surface area contributed by atoms with Crippen LogP contribution >= 0.6 is 0 Å². The lowest BCUT2D eigenvalue weighted by molar-refractivity contribution is 0.563. The molecule has 3 aliphatic rings. The zero-order chi connectivity index (χ0) is 15.1. The molecule has 0 aromatic heterocycles. The van der Waals surface area contributed by atoms with Crippen molar-refractivity contribution in [3.8, 4) is 0 Å². The second-order valence-corrected chi connectivity index (χ2v) is 6.88. The van der Waals surface area contributed by atoms with Crippen LogP contribution in [0, 0.1) is 5.92 Å². The molecule has 22 heavy (non-hydrogen) atoms. The van der Waals surface area contributed by atoms with Crippen LogP contribution in [0.15, 0.2) is 76.4 Å². The summed E-state index contributed by atoms with van der Waals surface area (Å²) in [5.41, 5.74) is 9.37. The van der Waals surface area contributed by atoms with E-state index in [-0.39, 0.29) is 0 Å². The van der Waals surface area contributed by atoms with Crippen LogP contribution in [0.25, 0.3) is 0 Å². The summed E-state index contributed by atoms with van der Waals surface area (Å²) in [6.07, 6.45) is 12.3. The maximum absolute atomic E-state index is 2.51. The molecule has 0 heteroatoms. The van der Waals surface area contributed by atoms with Crippen molar-refractivity contribution in [3.63, 3.8) is 0 Å². The Morgan fingerprint density at radius 2 is 1.82 bits per heavy atom. The number of hydrogen-bond donors (Lipinski definition) is 0. The first-order valence-corrected chi connectivity index (χ1v) is 8.61. The fourth-order valence-electron chi connectivity index (χ4n) is 4.60. The van der Waals surface area contributed by atoms with E-state index in [0.29, 0.717) is 11.8 Å². The van der Waals surface area contributed by atoms with Gasteiger partial charge in [-0.15, -0.1) is 0 Å². The second-order valence-electron chi connectivity index (χ2n) is 6.88. The van der Waals surface area contributed by atoms with Gasteiger partial charge in [0.05, 0.1) is 0 Å². The van der Waals surface area contributed by atoms with Crippen molar-refractivity contribution in [2.45, 2.75) is 45.4 Å². The summed E-state index contributed by atoms with van der Waals surface area (Å²) >= 11 is 0. The van der Waals surface area contributed by atoms with Crippen LogP contribution in [0.3, 0.4) is 0 Å². The molecule has 2 atom stereocenters. The lowest BCUT2D eigenvalue weighted by atomic mass is 9.66. The summed E-state index contributed by atoms with van der Waals surface area (Å²) < 4.78 is 0. The lowest BCUT2D eigenvalue weighted by Gasteiger charge is -2.38. The third-order valence-corrected chi connectivity index (χ3v) is 5.72. The maximum Gasteiger partial charge on any atom is 0.0133 e. The van der Waals surface area contributed by atoms with E-state index in [1.54, 1.807) is 22.3 Å². The Labute approximate surface area is 133 Å². The zero-order valence-corrected chi connectivity index (χ0v) is 13.6. The normalized spacial score (nSPS) is 27.5. The summed E-state index contributed by atoms with van der Waals surface area (Å²) in [5, 5.41) is 0. The monoisotopic (exact) mass is 288 g/mol. The molecule has 0 radical (unpaired) electrons. The summed E-state index contributed by atoms with van der Waals surface area (Å²) in [4.78, 5) is 0. The Kier molecular flexibility index (Phi) is 3.41. The third kappa shape index (κ3) is 2.05. The van der Waals surface area contributed by atoms with Crippen LogP contribution in [0.5, 0.6) is 0 Å². The smallest absolute Gasteiger partial charge is 0.0133 e. The molecular formula is C22H24. The number of allylic oxidation sites excluding steroid dienone is 8. The first kappa shape index (κ1) is 13.8.